The first kappa shape index (κ1) is 19.0. The van der Waals surface area contributed by atoms with Crippen LogP contribution in [0.2, 0.25) is 0 Å². The van der Waals surface area contributed by atoms with E-state index in [9.17, 15) is 24.1 Å². The highest BCUT2D eigenvalue weighted by Crippen LogP contribution is 2.22. The molecule has 1 amide bonds. The zero-order chi connectivity index (χ0) is 19.1. The Kier molecular flexibility index (Phi) is 6.37. The summed E-state index contributed by atoms with van der Waals surface area (Å²) in [7, 11) is 0. The van der Waals surface area contributed by atoms with Gasteiger partial charge in [-0.1, -0.05) is 37.3 Å². The largest absolute Gasteiger partial charge is 0.456 e. The van der Waals surface area contributed by atoms with Crippen LogP contribution in [0, 0.1) is 15.9 Å². The van der Waals surface area contributed by atoms with Gasteiger partial charge in [0, 0.05) is 11.8 Å². The summed E-state index contributed by atoms with van der Waals surface area (Å²) in [6, 6.07) is 12.4. The number of nitro groups is 1. The number of esters is 1. The van der Waals surface area contributed by atoms with Gasteiger partial charge in [-0.25, -0.2) is 0 Å². The number of nitro benzene ring substituents is 1. The van der Waals surface area contributed by atoms with Crippen LogP contribution >= 0.6 is 0 Å². The molecular formula is C18H17FN2O5. The van der Waals surface area contributed by atoms with Crippen molar-refractivity contribution in [2.24, 2.45) is 0 Å². The van der Waals surface area contributed by atoms with Crippen molar-refractivity contribution in [1.29, 1.82) is 0 Å². The van der Waals surface area contributed by atoms with Crippen LogP contribution < -0.4 is 5.32 Å². The monoisotopic (exact) mass is 360 g/mol. The molecule has 0 aliphatic rings. The lowest BCUT2D eigenvalue weighted by atomic mass is 9.98. The Balaban J connectivity index is 1.84. The molecule has 2 aromatic rings. The number of anilines is 1. The van der Waals surface area contributed by atoms with Gasteiger partial charge >= 0.3 is 11.7 Å². The van der Waals surface area contributed by atoms with Crippen molar-refractivity contribution in [3.05, 3.63) is 70.0 Å². The lowest BCUT2D eigenvalue weighted by Crippen LogP contribution is -2.21. The molecule has 1 unspecified atom stereocenters. The van der Waals surface area contributed by atoms with Crippen LogP contribution in [0.1, 0.15) is 24.8 Å². The SMILES string of the molecule is CC(CC(=O)OCC(=O)Nc1ccc(F)c([N+](=O)[O-])c1)c1ccccc1. The molecule has 26 heavy (non-hydrogen) atoms. The third-order valence-electron chi connectivity index (χ3n) is 3.63. The lowest BCUT2D eigenvalue weighted by molar-refractivity contribution is -0.387. The van der Waals surface area contributed by atoms with Crippen molar-refractivity contribution < 1.29 is 23.6 Å². The van der Waals surface area contributed by atoms with E-state index in [1.165, 1.54) is 6.07 Å². The Bertz CT molecular complexity index is 810. The van der Waals surface area contributed by atoms with Crippen LogP contribution in [0.25, 0.3) is 0 Å². The van der Waals surface area contributed by atoms with E-state index in [1.807, 2.05) is 37.3 Å². The van der Waals surface area contributed by atoms with Gasteiger partial charge in [0.25, 0.3) is 5.91 Å². The van der Waals surface area contributed by atoms with Crippen molar-refractivity contribution in [2.45, 2.75) is 19.3 Å². The maximum atomic E-state index is 13.2. The van der Waals surface area contributed by atoms with Crippen LogP contribution in [-0.4, -0.2) is 23.4 Å². The molecule has 0 aromatic heterocycles. The fourth-order valence-corrected chi connectivity index (χ4v) is 2.28. The van der Waals surface area contributed by atoms with Crippen LogP contribution in [0.5, 0.6) is 0 Å². The van der Waals surface area contributed by atoms with E-state index < -0.39 is 34.9 Å². The van der Waals surface area contributed by atoms with Crippen LogP contribution in [0.3, 0.4) is 0 Å². The average molecular weight is 360 g/mol. The summed E-state index contributed by atoms with van der Waals surface area (Å²) in [6.45, 7) is 1.33. The number of carbonyl (C=O) groups excluding carboxylic acids is 2. The number of ether oxygens (including phenoxy) is 1. The number of carbonyl (C=O) groups is 2. The zero-order valence-electron chi connectivity index (χ0n) is 14.0. The minimum atomic E-state index is -1.01. The Morgan fingerprint density at radius 1 is 1.23 bits per heavy atom. The van der Waals surface area contributed by atoms with Crippen molar-refractivity contribution in [2.75, 3.05) is 11.9 Å². The van der Waals surface area contributed by atoms with E-state index in [4.69, 9.17) is 4.74 Å². The highest BCUT2D eigenvalue weighted by molar-refractivity contribution is 5.93. The van der Waals surface area contributed by atoms with Crippen LogP contribution in [0.15, 0.2) is 48.5 Å². The molecule has 7 nitrogen and oxygen atoms in total. The van der Waals surface area contributed by atoms with Gasteiger partial charge in [-0.2, -0.15) is 4.39 Å². The minimum absolute atomic E-state index is 0.0387. The van der Waals surface area contributed by atoms with Gasteiger partial charge in [0.1, 0.15) is 0 Å². The van der Waals surface area contributed by atoms with Crippen molar-refractivity contribution in [3.63, 3.8) is 0 Å². The third kappa shape index (κ3) is 5.37. The minimum Gasteiger partial charge on any atom is -0.456 e. The first-order chi connectivity index (χ1) is 12.4. The number of halogens is 1. The standard InChI is InChI=1S/C18H17FN2O5/c1-12(13-5-3-2-4-6-13)9-18(23)26-11-17(22)20-14-7-8-15(19)16(10-14)21(24)25/h2-8,10,12H,9,11H2,1H3,(H,20,22). The van der Waals surface area contributed by atoms with E-state index >= 15 is 0 Å². The second kappa shape index (κ2) is 8.70. The topological polar surface area (TPSA) is 98.5 Å². The Morgan fingerprint density at radius 3 is 2.58 bits per heavy atom. The van der Waals surface area contributed by atoms with E-state index in [-0.39, 0.29) is 18.0 Å². The van der Waals surface area contributed by atoms with E-state index in [2.05, 4.69) is 5.32 Å². The molecule has 0 aliphatic carbocycles. The molecule has 2 aromatic carbocycles. The van der Waals surface area contributed by atoms with Gasteiger partial charge < -0.3 is 10.1 Å². The summed E-state index contributed by atoms with van der Waals surface area (Å²) < 4.78 is 18.2. The third-order valence-corrected chi connectivity index (χ3v) is 3.63. The van der Waals surface area contributed by atoms with E-state index in [0.717, 1.165) is 17.7 Å². The summed E-state index contributed by atoms with van der Waals surface area (Å²) in [5, 5.41) is 13.0. The van der Waals surface area contributed by atoms with Gasteiger partial charge in [-0.3, -0.25) is 19.7 Å². The molecule has 2 rings (SSSR count). The summed E-state index contributed by atoms with van der Waals surface area (Å²) in [6.07, 6.45) is 0.110. The van der Waals surface area contributed by atoms with Crippen molar-refractivity contribution >= 4 is 23.3 Å². The zero-order valence-corrected chi connectivity index (χ0v) is 14.0. The summed E-state index contributed by atoms with van der Waals surface area (Å²) in [4.78, 5) is 33.4. The lowest BCUT2D eigenvalue weighted by Gasteiger charge is -2.11. The number of rotatable bonds is 7. The molecular weight excluding hydrogens is 343 g/mol. The summed E-state index contributed by atoms with van der Waals surface area (Å²) in [5.74, 6) is -2.28. The molecule has 0 bridgehead atoms. The molecule has 0 spiro atoms. The molecule has 136 valence electrons. The Morgan fingerprint density at radius 2 is 1.92 bits per heavy atom. The fourth-order valence-electron chi connectivity index (χ4n) is 2.28. The first-order valence-electron chi connectivity index (χ1n) is 7.81. The van der Waals surface area contributed by atoms with Crippen molar-refractivity contribution in [3.8, 4) is 0 Å². The molecule has 1 atom stereocenters. The van der Waals surface area contributed by atoms with Crippen molar-refractivity contribution in [1.82, 2.24) is 0 Å². The van der Waals surface area contributed by atoms with E-state index in [0.29, 0.717) is 0 Å². The maximum Gasteiger partial charge on any atom is 0.306 e. The first-order valence-corrected chi connectivity index (χ1v) is 7.81. The predicted octanol–water partition coefficient (Wildman–Crippen LogP) is 3.41. The quantitative estimate of drug-likeness (QED) is 0.463. The number of nitrogens with one attached hydrogen (secondary N) is 1. The summed E-state index contributed by atoms with van der Waals surface area (Å²) in [5.41, 5.74) is 0.265. The highest BCUT2D eigenvalue weighted by atomic mass is 19.1. The number of nitrogens with zero attached hydrogens (tertiary/aromatic N) is 1. The van der Waals surface area contributed by atoms with Gasteiger partial charge in [0.15, 0.2) is 6.61 Å². The number of hydrogen-bond donors (Lipinski definition) is 1. The Hall–Kier alpha value is -3.29. The number of amides is 1. The number of hydrogen-bond acceptors (Lipinski definition) is 5. The second-order valence-electron chi connectivity index (χ2n) is 5.65. The van der Waals surface area contributed by atoms with Gasteiger partial charge in [-0.05, 0) is 23.6 Å². The molecule has 0 saturated carbocycles. The maximum absolute atomic E-state index is 13.2. The molecule has 0 heterocycles. The molecule has 0 fully saturated rings. The van der Waals surface area contributed by atoms with E-state index in [1.54, 1.807) is 0 Å². The smallest absolute Gasteiger partial charge is 0.306 e. The second-order valence-corrected chi connectivity index (χ2v) is 5.65. The van der Waals surface area contributed by atoms with Crippen LogP contribution in [-0.2, 0) is 14.3 Å². The number of benzene rings is 2. The molecule has 1 N–H and O–H groups in total. The predicted molar refractivity (Wildman–Crippen MR) is 92.1 cm³/mol. The molecule has 0 radical (unpaired) electrons. The average Bonchev–Trinajstić information content (AvgIpc) is 2.62. The van der Waals surface area contributed by atoms with Gasteiger partial charge in [0.2, 0.25) is 5.82 Å². The van der Waals surface area contributed by atoms with Gasteiger partial charge in [0.05, 0.1) is 11.3 Å². The Labute approximate surface area is 148 Å². The van der Waals surface area contributed by atoms with Gasteiger partial charge in [-0.15, -0.1) is 0 Å². The van der Waals surface area contributed by atoms with Crippen LogP contribution in [0.4, 0.5) is 15.8 Å². The summed E-state index contributed by atoms with van der Waals surface area (Å²) >= 11 is 0. The molecule has 8 heteroatoms. The normalized spacial score (nSPS) is 11.5. The fraction of sp³-hybridized carbons (Fsp3) is 0.222. The highest BCUT2D eigenvalue weighted by Gasteiger charge is 2.17. The molecule has 0 aliphatic heterocycles. The molecule has 0 saturated heterocycles.